The molecule has 8 heteroatoms. The Hall–Kier alpha value is -2.51. The molecule has 2 heterocycles. The normalized spacial score (nSPS) is 15.4. The molecule has 2 aromatic rings. The number of nitrogens with one attached hydrogen (secondary N) is 2. The number of aromatic amines is 1. The molecule has 0 atom stereocenters. The van der Waals surface area contributed by atoms with Crippen LogP contribution in [0.2, 0.25) is 5.02 Å². The van der Waals surface area contributed by atoms with E-state index in [4.69, 9.17) is 22.1 Å². The number of pyridine rings is 1. The molecule has 1 saturated heterocycles. The standard InChI is InChI=1S/C20H25ClN4O3/c1-28-15-4-2-3-14(9-15)12-25-7-5-13(6-8-25)11-23-19(26)16-10-17(21)18(22)24-20(16)27/h2-4,9-10,13H,5-8,11-12H2,1H3,(H,23,26)(H3,22,24,27). The molecule has 1 aromatic heterocycles. The van der Waals surface area contributed by atoms with E-state index in [9.17, 15) is 9.59 Å². The van der Waals surface area contributed by atoms with Gasteiger partial charge in [-0.25, -0.2) is 0 Å². The van der Waals surface area contributed by atoms with Crippen LogP contribution in [0, 0.1) is 5.92 Å². The second-order valence-electron chi connectivity index (χ2n) is 7.05. The van der Waals surface area contributed by atoms with E-state index in [0.29, 0.717) is 12.5 Å². The van der Waals surface area contributed by atoms with E-state index in [1.807, 2.05) is 12.1 Å². The van der Waals surface area contributed by atoms with Crippen LogP contribution in [0.25, 0.3) is 0 Å². The number of amides is 1. The molecule has 0 aliphatic carbocycles. The number of benzene rings is 1. The van der Waals surface area contributed by atoms with Crippen molar-refractivity contribution >= 4 is 23.3 Å². The highest BCUT2D eigenvalue weighted by Gasteiger charge is 2.21. The molecular formula is C20H25ClN4O3. The summed E-state index contributed by atoms with van der Waals surface area (Å²) in [5, 5.41) is 3.00. The van der Waals surface area contributed by atoms with Gasteiger partial charge in [-0.05, 0) is 55.6 Å². The van der Waals surface area contributed by atoms with E-state index in [-0.39, 0.29) is 16.4 Å². The number of methoxy groups -OCH3 is 1. The van der Waals surface area contributed by atoms with E-state index in [0.717, 1.165) is 38.2 Å². The molecule has 1 aromatic carbocycles. The summed E-state index contributed by atoms with van der Waals surface area (Å²) in [5.74, 6) is 0.885. The minimum absolute atomic E-state index is 0.0188. The number of rotatable bonds is 6. The van der Waals surface area contributed by atoms with E-state index in [1.165, 1.54) is 11.6 Å². The van der Waals surface area contributed by atoms with Crippen molar-refractivity contribution in [2.75, 3.05) is 32.5 Å². The van der Waals surface area contributed by atoms with Crippen LogP contribution in [0.3, 0.4) is 0 Å². The SMILES string of the molecule is COc1cccc(CN2CCC(CNC(=O)c3cc(Cl)c(N)[nH]c3=O)CC2)c1. The van der Waals surface area contributed by atoms with Gasteiger partial charge in [0.2, 0.25) is 0 Å². The molecule has 0 spiro atoms. The van der Waals surface area contributed by atoms with Gasteiger partial charge in [0.25, 0.3) is 11.5 Å². The molecule has 150 valence electrons. The van der Waals surface area contributed by atoms with Crippen LogP contribution in [-0.4, -0.2) is 42.5 Å². The molecule has 4 N–H and O–H groups in total. The third kappa shape index (κ3) is 5.05. The number of carbonyl (C=O) groups excluding carboxylic acids is 1. The Kier molecular flexibility index (Phi) is 6.59. The van der Waals surface area contributed by atoms with Crippen LogP contribution < -0.4 is 21.3 Å². The van der Waals surface area contributed by atoms with E-state index in [2.05, 4.69) is 27.3 Å². The number of hydrogen-bond donors (Lipinski definition) is 3. The largest absolute Gasteiger partial charge is 0.497 e. The van der Waals surface area contributed by atoms with E-state index < -0.39 is 11.5 Å². The van der Waals surface area contributed by atoms with Crippen LogP contribution in [0.4, 0.5) is 5.82 Å². The maximum absolute atomic E-state index is 12.3. The van der Waals surface area contributed by atoms with Crippen molar-refractivity contribution in [3.63, 3.8) is 0 Å². The van der Waals surface area contributed by atoms with Gasteiger partial charge in [-0.3, -0.25) is 14.5 Å². The molecule has 3 rings (SSSR count). The molecule has 1 aliphatic heterocycles. The van der Waals surface area contributed by atoms with Crippen LogP contribution in [0.1, 0.15) is 28.8 Å². The number of aromatic nitrogens is 1. The number of ether oxygens (including phenoxy) is 1. The van der Waals surface area contributed by atoms with Crippen molar-refractivity contribution in [3.05, 3.63) is 56.8 Å². The second-order valence-corrected chi connectivity index (χ2v) is 7.46. The Labute approximate surface area is 168 Å². The number of H-pyrrole nitrogens is 1. The molecule has 0 bridgehead atoms. The van der Waals surface area contributed by atoms with Crippen molar-refractivity contribution in [1.29, 1.82) is 0 Å². The Morgan fingerprint density at radius 3 is 2.82 bits per heavy atom. The number of piperidine rings is 1. The number of anilines is 1. The fourth-order valence-corrected chi connectivity index (χ4v) is 3.55. The molecule has 28 heavy (non-hydrogen) atoms. The zero-order valence-corrected chi connectivity index (χ0v) is 16.6. The van der Waals surface area contributed by atoms with Crippen LogP contribution in [0.5, 0.6) is 5.75 Å². The fraction of sp³-hybridized carbons (Fsp3) is 0.400. The molecule has 1 fully saturated rings. The fourth-order valence-electron chi connectivity index (χ4n) is 3.40. The lowest BCUT2D eigenvalue weighted by atomic mass is 9.96. The number of hydrogen-bond acceptors (Lipinski definition) is 5. The predicted octanol–water partition coefficient (Wildman–Crippen LogP) is 2.26. The Bertz CT molecular complexity index is 891. The van der Waals surface area contributed by atoms with E-state index >= 15 is 0 Å². The number of nitrogens with two attached hydrogens (primary N) is 1. The summed E-state index contributed by atoms with van der Waals surface area (Å²) in [6.07, 6.45) is 1.98. The lowest BCUT2D eigenvalue weighted by Gasteiger charge is -2.32. The van der Waals surface area contributed by atoms with Gasteiger partial charge < -0.3 is 20.8 Å². The minimum atomic E-state index is -0.535. The second kappa shape index (κ2) is 9.12. The monoisotopic (exact) mass is 404 g/mol. The van der Waals surface area contributed by atoms with Gasteiger partial charge >= 0.3 is 0 Å². The van der Waals surface area contributed by atoms with Gasteiger partial charge in [0, 0.05) is 13.1 Å². The molecule has 1 amide bonds. The maximum atomic E-state index is 12.3. The molecule has 0 radical (unpaired) electrons. The molecule has 1 aliphatic rings. The Balaban J connectivity index is 1.47. The minimum Gasteiger partial charge on any atom is -0.497 e. The Morgan fingerprint density at radius 1 is 1.36 bits per heavy atom. The first-order chi connectivity index (χ1) is 13.5. The zero-order valence-electron chi connectivity index (χ0n) is 15.8. The summed E-state index contributed by atoms with van der Waals surface area (Å²) in [5.41, 5.74) is 6.21. The average molecular weight is 405 g/mol. The first-order valence-corrected chi connectivity index (χ1v) is 9.66. The predicted molar refractivity (Wildman–Crippen MR) is 110 cm³/mol. The highest BCUT2D eigenvalue weighted by molar-refractivity contribution is 6.33. The Morgan fingerprint density at radius 2 is 2.11 bits per heavy atom. The number of nitrogens with zero attached hydrogens (tertiary/aromatic N) is 1. The van der Waals surface area contributed by atoms with Crippen molar-refractivity contribution in [2.45, 2.75) is 19.4 Å². The first-order valence-electron chi connectivity index (χ1n) is 9.28. The molecule has 0 saturated carbocycles. The summed E-state index contributed by atoms with van der Waals surface area (Å²) in [6, 6.07) is 9.41. The zero-order chi connectivity index (χ0) is 20.1. The number of halogens is 1. The average Bonchev–Trinajstić information content (AvgIpc) is 2.70. The van der Waals surface area contributed by atoms with Gasteiger partial charge in [0.05, 0.1) is 12.1 Å². The molecular weight excluding hydrogens is 380 g/mol. The van der Waals surface area contributed by atoms with Crippen molar-refractivity contribution < 1.29 is 9.53 Å². The van der Waals surface area contributed by atoms with Gasteiger partial charge in [0.15, 0.2) is 0 Å². The first kappa shape index (κ1) is 20.2. The smallest absolute Gasteiger partial charge is 0.262 e. The van der Waals surface area contributed by atoms with Gasteiger partial charge in [-0.2, -0.15) is 0 Å². The van der Waals surface area contributed by atoms with Gasteiger partial charge in [-0.1, -0.05) is 23.7 Å². The lowest BCUT2D eigenvalue weighted by Crippen LogP contribution is -2.39. The maximum Gasteiger partial charge on any atom is 0.262 e. The number of nitrogen functional groups attached to an aromatic ring is 1. The topological polar surface area (TPSA) is 100 Å². The van der Waals surface area contributed by atoms with Crippen LogP contribution >= 0.6 is 11.6 Å². The molecule has 7 nitrogen and oxygen atoms in total. The summed E-state index contributed by atoms with van der Waals surface area (Å²) in [6.45, 7) is 3.35. The van der Waals surface area contributed by atoms with Crippen molar-refractivity contribution in [3.8, 4) is 5.75 Å². The third-order valence-electron chi connectivity index (χ3n) is 5.06. The summed E-state index contributed by atoms with van der Waals surface area (Å²) in [7, 11) is 1.67. The number of carbonyl (C=O) groups is 1. The third-order valence-corrected chi connectivity index (χ3v) is 5.38. The quantitative estimate of drug-likeness (QED) is 0.685. The van der Waals surface area contributed by atoms with Crippen molar-refractivity contribution in [1.82, 2.24) is 15.2 Å². The van der Waals surface area contributed by atoms with Gasteiger partial charge in [-0.15, -0.1) is 0 Å². The number of likely N-dealkylation sites (tertiary alicyclic amines) is 1. The summed E-state index contributed by atoms with van der Waals surface area (Å²) in [4.78, 5) is 28.9. The van der Waals surface area contributed by atoms with Crippen LogP contribution in [0.15, 0.2) is 35.1 Å². The van der Waals surface area contributed by atoms with Crippen molar-refractivity contribution in [2.24, 2.45) is 5.92 Å². The highest BCUT2D eigenvalue weighted by atomic mass is 35.5. The lowest BCUT2D eigenvalue weighted by molar-refractivity contribution is 0.0933. The highest BCUT2D eigenvalue weighted by Crippen LogP contribution is 2.20. The van der Waals surface area contributed by atoms with Gasteiger partial charge in [0.1, 0.15) is 17.1 Å². The summed E-state index contributed by atoms with van der Waals surface area (Å²) < 4.78 is 5.28. The summed E-state index contributed by atoms with van der Waals surface area (Å²) >= 11 is 5.89. The van der Waals surface area contributed by atoms with Crippen LogP contribution in [-0.2, 0) is 6.54 Å². The molecule has 0 unspecified atom stereocenters. The van der Waals surface area contributed by atoms with E-state index in [1.54, 1.807) is 7.11 Å².